The summed E-state index contributed by atoms with van der Waals surface area (Å²) in [6.45, 7) is 6.97. The minimum atomic E-state index is -2.98. The molecular weight excluding hydrogens is 666 g/mol. The van der Waals surface area contributed by atoms with Crippen LogP contribution in [-0.2, 0) is 37.8 Å². The Bertz CT molecular complexity index is 1630. The molecule has 2 saturated heterocycles. The molecule has 0 unspecified atom stereocenters. The van der Waals surface area contributed by atoms with Gasteiger partial charge in [0.2, 0.25) is 11.8 Å². The molecule has 2 fully saturated rings. The number of hydrogen-bond acceptors (Lipinski definition) is 6. The van der Waals surface area contributed by atoms with Crippen molar-refractivity contribution in [1.82, 2.24) is 4.90 Å². The van der Waals surface area contributed by atoms with Gasteiger partial charge in [-0.05, 0) is 54.6 Å². The average Bonchev–Trinajstić information content (AvgIpc) is 3.43. The van der Waals surface area contributed by atoms with Crippen LogP contribution in [-0.4, -0.2) is 66.6 Å². The highest BCUT2D eigenvalue weighted by Gasteiger charge is 2.66. The van der Waals surface area contributed by atoms with Gasteiger partial charge < -0.3 is 29.3 Å². The first kappa shape index (κ1) is 32.6. The molecule has 1 spiro atoms. The van der Waals surface area contributed by atoms with E-state index in [2.05, 4.69) is 15.9 Å². The zero-order valence-electron chi connectivity index (χ0n) is 26.4. The molecule has 0 bridgehead atoms. The lowest BCUT2D eigenvalue weighted by Gasteiger charge is -2.33. The van der Waals surface area contributed by atoms with Crippen LogP contribution in [0.15, 0.2) is 77.3 Å². The second-order valence-electron chi connectivity index (χ2n) is 13.1. The quantitative estimate of drug-likeness (QED) is 0.229. The molecule has 3 aliphatic rings. The topological polar surface area (TPSA) is 111 Å². The summed E-state index contributed by atoms with van der Waals surface area (Å²) < 4.78 is 7.66. The molecule has 0 radical (unpaired) electrons. The number of anilines is 2. The van der Waals surface area contributed by atoms with Crippen LogP contribution >= 0.6 is 15.9 Å². The Labute approximate surface area is 279 Å². The molecule has 3 aromatic carbocycles. The average molecular weight is 707 g/mol. The molecule has 6 rings (SSSR count). The van der Waals surface area contributed by atoms with Crippen molar-refractivity contribution in [3.05, 3.63) is 94.0 Å². The first-order chi connectivity index (χ1) is 21.9. The van der Waals surface area contributed by atoms with Crippen LogP contribution < -0.4 is 9.80 Å². The number of nitrogens with zero attached hydrogens (tertiary/aromatic N) is 3. The van der Waals surface area contributed by atoms with Gasteiger partial charge in [0.25, 0.3) is 5.91 Å². The smallest absolute Gasteiger partial charge is 0.264 e. The summed E-state index contributed by atoms with van der Waals surface area (Å²) in [7, 11) is -2.98. The number of ether oxygens (including phenoxy) is 1. The molecule has 3 amide bonds. The number of carbonyl (C=O) groups is 3. The van der Waals surface area contributed by atoms with Crippen LogP contribution in [0, 0.1) is 5.92 Å². The van der Waals surface area contributed by atoms with E-state index in [9.17, 15) is 24.3 Å². The number of β-lactam (4-membered cyclic amide) rings is 1. The monoisotopic (exact) mass is 705 g/mol. The summed E-state index contributed by atoms with van der Waals surface area (Å²) in [6.07, 6.45) is -0.159. The fourth-order valence-corrected chi connectivity index (χ4v) is 10.4. The van der Waals surface area contributed by atoms with Gasteiger partial charge in [0.1, 0.15) is 0 Å². The fourth-order valence-electron chi connectivity index (χ4n) is 7.48. The van der Waals surface area contributed by atoms with E-state index in [4.69, 9.17) is 4.74 Å². The molecule has 3 heterocycles. The molecule has 11 heteroatoms. The first-order valence-corrected chi connectivity index (χ1v) is 19.6. The maximum atomic E-state index is 14.7. The van der Waals surface area contributed by atoms with Gasteiger partial charge in [-0.1, -0.05) is 65.3 Å². The zero-order chi connectivity index (χ0) is 32.8. The van der Waals surface area contributed by atoms with Crippen molar-refractivity contribution >= 4 is 53.3 Å². The van der Waals surface area contributed by atoms with Crippen molar-refractivity contribution < 1.29 is 29.0 Å². The lowest BCUT2D eigenvalue weighted by Crippen LogP contribution is -2.46. The van der Waals surface area contributed by atoms with E-state index in [1.54, 1.807) is 14.7 Å². The Hall–Kier alpha value is -3.35. The van der Waals surface area contributed by atoms with E-state index in [1.807, 2.05) is 92.8 Å². The lowest BCUT2D eigenvalue weighted by atomic mass is 9.82. The SMILES string of the molecule is C[C@@H]1[C@@H]([Si](C)(C)O)[C@H](CC(=O)N(CCO)Cc2ccccc2)O[C@@]12C(=O)N(Cc1ccc(N3CCC3=O)cc1)c1ccc(Br)cc12. The van der Waals surface area contributed by atoms with Crippen molar-refractivity contribution in [3.8, 4) is 0 Å². The Morgan fingerprint density at radius 2 is 1.78 bits per heavy atom. The summed E-state index contributed by atoms with van der Waals surface area (Å²) >= 11 is 3.60. The number of fused-ring (bicyclic) bond motifs is 2. The maximum Gasteiger partial charge on any atom is 0.264 e. The van der Waals surface area contributed by atoms with Crippen molar-refractivity contribution in [1.29, 1.82) is 0 Å². The number of rotatable bonds is 10. The molecule has 9 nitrogen and oxygen atoms in total. The number of aliphatic hydroxyl groups is 1. The summed E-state index contributed by atoms with van der Waals surface area (Å²) in [5.41, 5.74) is 2.35. The van der Waals surface area contributed by atoms with E-state index in [1.165, 1.54) is 0 Å². The second kappa shape index (κ2) is 12.7. The van der Waals surface area contributed by atoms with Crippen LogP contribution in [0.25, 0.3) is 0 Å². The summed E-state index contributed by atoms with van der Waals surface area (Å²) in [4.78, 5) is 57.2. The predicted molar refractivity (Wildman–Crippen MR) is 181 cm³/mol. The van der Waals surface area contributed by atoms with Gasteiger partial charge in [-0.25, -0.2) is 0 Å². The lowest BCUT2D eigenvalue weighted by molar-refractivity contribution is -0.150. The molecule has 3 aliphatic heterocycles. The number of halogens is 1. The Morgan fingerprint density at radius 3 is 2.39 bits per heavy atom. The Morgan fingerprint density at radius 1 is 1.07 bits per heavy atom. The van der Waals surface area contributed by atoms with Crippen molar-refractivity contribution in [2.24, 2.45) is 5.92 Å². The molecule has 242 valence electrons. The van der Waals surface area contributed by atoms with Gasteiger partial charge in [0.15, 0.2) is 13.9 Å². The predicted octanol–water partition coefficient (Wildman–Crippen LogP) is 4.94. The van der Waals surface area contributed by atoms with Gasteiger partial charge in [0.05, 0.1) is 31.4 Å². The number of benzene rings is 3. The van der Waals surface area contributed by atoms with E-state index in [0.717, 1.165) is 32.5 Å². The Kier molecular flexibility index (Phi) is 8.99. The first-order valence-electron chi connectivity index (χ1n) is 15.8. The third-order valence-corrected chi connectivity index (χ3v) is 12.7. The number of hydrogen-bond donors (Lipinski definition) is 2. The van der Waals surface area contributed by atoms with E-state index in [-0.39, 0.29) is 37.3 Å². The second-order valence-corrected chi connectivity index (χ2v) is 18.0. The summed E-state index contributed by atoms with van der Waals surface area (Å²) in [5.74, 6) is -0.728. The molecule has 3 aromatic rings. The Balaban J connectivity index is 1.31. The van der Waals surface area contributed by atoms with E-state index in [0.29, 0.717) is 26.1 Å². The highest BCUT2D eigenvalue weighted by atomic mass is 79.9. The summed E-state index contributed by atoms with van der Waals surface area (Å²) in [5, 5.41) is 9.77. The van der Waals surface area contributed by atoms with Crippen LogP contribution in [0.5, 0.6) is 0 Å². The number of carbonyl (C=O) groups excluding carboxylic acids is 3. The van der Waals surface area contributed by atoms with Crippen molar-refractivity contribution in [2.75, 3.05) is 29.5 Å². The van der Waals surface area contributed by atoms with Crippen molar-refractivity contribution in [2.45, 2.75) is 63.2 Å². The van der Waals surface area contributed by atoms with Crippen LogP contribution in [0.1, 0.15) is 36.5 Å². The van der Waals surface area contributed by atoms with Gasteiger partial charge in [0, 0.05) is 53.2 Å². The van der Waals surface area contributed by atoms with Gasteiger partial charge in [-0.15, -0.1) is 0 Å². The molecule has 0 saturated carbocycles. The molecule has 4 atom stereocenters. The fraction of sp³-hybridized carbons (Fsp3) is 0.400. The number of aliphatic hydroxyl groups excluding tert-OH is 1. The minimum absolute atomic E-state index is 0.0200. The zero-order valence-corrected chi connectivity index (χ0v) is 28.9. The molecule has 0 aliphatic carbocycles. The third kappa shape index (κ3) is 5.83. The molecule has 0 aromatic heterocycles. The van der Waals surface area contributed by atoms with E-state index >= 15 is 0 Å². The van der Waals surface area contributed by atoms with Crippen molar-refractivity contribution in [3.63, 3.8) is 0 Å². The normalized spacial score (nSPS) is 24.0. The van der Waals surface area contributed by atoms with Crippen LogP contribution in [0.2, 0.25) is 18.6 Å². The molecule has 46 heavy (non-hydrogen) atoms. The standard InChI is InChI=1S/C35H40BrN3O6Si/c1-23-33(46(2,3)44)30(20-32(42)37(17-18-40)21-24-7-5-4-6-8-24)45-35(23)28-19-26(36)11-14-29(28)39(34(35)43)22-25-9-12-27(13-10-25)38-16-15-31(38)41/h4-14,19,23,30,33,40,44H,15-18,20-22H2,1-3H3/t23-,30+,33-,35+/m1/s1. The summed E-state index contributed by atoms with van der Waals surface area (Å²) in [6, 6.07) is 23.0. The van der Waals surface area contributed by atoms with Gasteiger partial charge in [-0.2, -0.15) is 0 Å². The highest BCUT2D eigenvalue weighted by molar-refractivity contribution is 9.10. The third-order valence-electron chi connectivity index (χ3n) is 9.70. The molecular formula is C35H40BrN3O6Si. The largest absolute Gasteiger partial charge is 0.432 e. The van der Waals surface area contributed by atoms with Gasteiger partial charge in [-0.3, -0.25) is 14.4 Å². The minimum Gasteiger partial charge on any atom is -0.432 e. The van der Waals surface area contributed by atoms with Crippen LogP contribution in [0.3, 0.4) is 0 Å². The number of amides is 3. The van der Waals surface area contributed by atoms with E-state index < -0.39 is 31.5 Å². The van der Waals surface area contributed by atoms with Gasteiger partial charge >= 0.3 is 0 Å². The van der Waals surface area contributed by atoms with Crippen LogP contribution in [0.4, 0.5) is 11.4 Å². The maximum absolute atomic E-state index is 14.7. The molecule has 2 N–H and O–H groups in total. The highest BCUT2D eigenvalue weighted by Crippen LogP contribution is 2.60.